The molecule has 0 aromatic carbocycles. The maximum atomic E-state index is 11.3. The summed E-state index contributed by atoms with van der Waals surface area (Å²) in [5.74, 6) is -0.676. The molecule has 0 saturated heterocycles. The van der Waals surface area contributed by atoms with Crippen LogP contribution in [0.4, 0.5) is 5.69 Å². The molecule has 16 heavy (non-hydrogen) atoms. The summed E-state index contributed by atoms with van der Waals surface area (Å²) < 4.78 is 0. The number of nitrogens with one attached hydrogen (secondary N) is 2. The van der Waals surface area contributed by atoms with Gasteiger partial charge < -0.3 is 16.4 Å². The molecule has 1 aromatic heterocycles. The first-order valence-electron chi connectivity index (χ1n) is 4.81. The quantitative estimate of drug-likeness (QED) is 0.634. The number of amides is 2. The van der Waals surface area contributed by atoms with Crippen LogP contribution in [-0.2, 0) is 9.59 Å². The van der Waals surface area contributed by atoms with Gasteiger partial charge in [-0.05, 0) is 19.1 Å². The standard InChI is InChI=1S/C10H14N4O2/c1-7-2-3-8(5-12-7)14-10(16)6-13-9(15)4-11/h2-3,5H,4,6,11H2,1H3,(H,13,15)(H,14,16). The van der Waals surface area contributed by atoms with Crippen molar-refractivity contribution in [2.45, 2.75) is 6.92 Å². The monoisotopic (exact) mass is 222 g/mol. The highest BCUT2D eigenvalue weighted by Gasteiger charge is 2.04. The van der Waals surface area contributed by atoms with Gasteiger partial charge in [-0.3, -0.25) is 14.6 Å². The SMILES string of the molecule is Cc1ccc(NC(=O)CNC(=O)CN)cn1. The average molecular weight is 222 g/mol. The van der Waals surface area contributed by atoms with Gasteiger partial charge in [0.25, 0.3) is 0 Å². The second-order valence-corrected chi connectivity index (χ2v) is 3.22. The van der Waals surface area contributed by atoms with Crippen LogP contribution in [0.5, 0.6) is 0 Å². The van der Waals surface area contributed by atoms with Gasteiger partial charge in [-0.2, -0.15) is 0 Å². The van der Waals surface area contributed by atoms with Gasteiger partial charge in [0.2, 0.25) is 11.8 Å². The zero-order valence-electron chi connectivity index (χ0n) is 8.99. The number of anilines is 1. The number of hydrogen-bond acceptors (Lipinski definition) is 4. The van der Waals surface area contributed by atoms with E-state index in [1.54, 1.807) is 18.3 Å². The fraction of sp³-hybridized carbons (Fsp3) is 0.300. The van der Waals surface area contributed by atoms with E-state index in [2.05, 4.69) is 15.6 Å². The Hall–Kier alpha value is -1.95. The van der Waals surface area contributed by atoms with Crippen molar-refractivity contribution < 1.29 is 9.59 Å². The number of hydrogen-bond donors (Lipinski definition) is 3. The summed E-state index contributed by atoms with van der Waals surface area (Å²) in [6.45, 7) is 1.64. The molecule has 4 N–H and O–H groups in total. The molecule has 0 bridgehead atoms. The highest BCUT2D eigenvalue weighted by atomic mass is 16.2. The van der Waals surface area contributed by atoms with Crippen LogP contribution in [0, 0.1) is 6.92 Å². The number of nitrogens with two attached hydrogens (primary N) is 1. The van der Waals surface area contributed by atoms with Crippen molar-refractivity contribution in [2.24, 2.45) is 5.73 Å². The first kappa shape index (κ1) is 12.1. The fourth-order valence-electron chi connectivity index (χ4n) is 0.998. The van der Waals surface area contributed by atoms with Gasteiger partial charge in [-0.25, -0.2) is 0 Å². The summed E-state index contributed by atoms with van der Waals surface area (Å²) in [7, 11) is 0. The molecule has 6 heteroatoms. The number of aryl methyl sites for hydroxylation is 1. The molecule has 1 aromatic rings. The van der Waals surface area contributed by atoms with E-state index in [4.69, 9.17) is 5.73 Å². The molecule has 0 spiro atoms. The molecular weight excluding hydrogens is 208 g/mol. The van der Waals surface area contributed by atoms with Crippen LogP contribution in [0.25, 0.3) is 0 Å². The van der Waals surface area contributed by atoms with Crippen molar-refractivity contribution in [2.75, 3.05) is 18.4 Å². The van der Waals surface area contributed by atoms with Crippen LogP contribution < -0.4 is 16.4 Å². The molecule has 86 valence electrons. The van der Waals surface area contributed by atoms with E-state index in [9.17, 15) is 9.59 Å². The Bertz CT molecular complexity index is 375. The predicted octanol–water partition coefficient (Wildman–Crippen LogP) is -0.597. The minimum absolute atomic E-state index is 0.0933. The minimum Gasteiger partial charge on any atom is -0.346 e. The number of carbonyl (C=O) groups excluding carboxylic acids is 2. The summed E-state index contributed by atoms with van der Waals surface area (Å²) in [6, 6.07) is 3.53. The number of carbonyl (C=O) groups is 2. The summed E-state index contributed by atoms with van der Waals surface area (Å²) in [5.41, 5.74) is 6.54. The van der Waals surface area contributed by atoms with E-state index in [0.29, 0.717) is 5.69 Å². The highest BCUT2D eigenvalue weighted by Crippen LogP contribution is 2.04. The van der Waals surface area contributed by atoms with Crippen molar-refractivity contribution in [1.29, 1.82) is 0 Å². The Balaban J connectivity index is 2.40. The molecule has 1 rings (SSSR count). The van der Waals surface area contributed by atoms with E-state index in [0.717, 1.165) is 5.69 Å². The fourth-order valence-corrected chi connectivity index (χ4v) is 0.998. The van der Waals surface area contributed by atoms with E-state index < -0.39 is 0 Å². The number of nitrogens with zero attached hydrogens (tertiary/aromatic N) is 1. The van der Waals surface area contributed by atoms with Gasteiger partial charge in [0.05, 0.1) is 25.0 Å². The van der Waals surface area contributed by atoms with E-state index in [1.807, 2.05) is 6.92 Å². The molecule has 0 aliphatic rings. The second-order valence-electron chi connectivity index (χ2n) is 3.22. The molecule has 0 aliphatic heterocycles. The summed E-state index contributed by atoms with van der Waals surface area (Å²) in [6.07, 6.45) is 1.55. The van der Waals surface area contributed by atoms with Crippen molar-refractivity contribution in [3.8, 4) is 0 Å². The highest BCUT2D eigenvalue weighted by molar-refractivity contribution is 5.94. The molecule has 0 saturated carbocycles. The average Bonchev–Trinajstić information content (AvgIpc) is 2.29. The minimum atomic E-state index is -0.364. The zero-order chi connectivity index (χ0) is 12.0. The lowest BCUT2D eigenvalue weighted by Crippen LogP contribution is -2.36. The molecule has 1 heterocycles. The Morgan fingerprint density at radius 1 is 1.38 bits per heavy atom. The largest absolute Gasteiger partial charge is 0.346 e. The Kier molecular flexibility index (Phi) is 4.41. The molecule has 0 radical (unpaired) electrons. The molecule has 0 aliphatic carbocycles. The van der Waals surface area contributed by atoms with Crippen LogP contribution in [0.3, 0.4) is 0 Å². The first-order chi connectivity index (χ1) is 7.61. The van der Waals surface area contributed by atoms with Crippen molar-refractivity contribution in [1.82, 2.24) is 10.3 Å². The van der Waals surface area contributed by atoms with Gasteiger partial charge in [0, 0.05) is 5.69 Å². The topological polar surface area (TPSA) is 97.1 Å². The molecule has 0 fully saturated rings. The number of rotatable bonds is 4. The molecule has 6 nitrogen and oxygen atoms in total. The second kappa shape index (κ2) is 5.82. The summed E-state index contributed by atoms with van der Waals surface area (Å²) in [5, 5.41) is 4.96. The lowest BCUT2D eigenvalue weighted by Gasteiger charge is -2.05. The maximum absolute atomic E-state index is 11.3. The number of pyridine rings is 1. The van der Waals surface area contributed by atoms with E-state index in [-0.39, 0.29) is 24.9 Å². The summed E-state index contributed by atoms with van der Waals surface area (Å²) in [4.78, 5) is 26.1. The van der Waals surface area contributed by atoms with Crippen LogP contribution in [0.1, 0.15) is 5.69 Å². The maximum Gasteiger partial charge on any atom is 0.243 e. The predicted molar refractivity (Wildman–Crippen MR) is 59.7 cm³/mol. The van der Waals surface area contributed by atoms with Crippen LogP contribution >= 0.6 is 0 Å². The van der Waals surface area contributed by atoms with Crippen molar-refractivity contribution in [3.05, 3.63) is 24.0 Å². The lowest BCUT2D eigenvalue weighted by molar-refractivity contribution is -0.123. The zero-order valence-corrected chi connectivity index (χ0v) is 8.99. The first-order valence-corrected chi connectivity index (χ1v) is 4.81. The smallest absolute Gasteiger partial charge is 0.243 e. The van der Waals surface area contributed by atoms with E-state index >= 15 is 0 Å². The third-order valence-corrected chi connectivity index (χ3v) is 1.83. The normalized spacial score (nSPS) is 9.62. The third-order valence-electron chi connectivity index (χ3n) is 1.83. The third kappa shape index (κ3) is 4.05. The molecule has 2 amide bonds. The van der Waals surface area contributed by atoms with Crippen LogP contribution in [-0.4, -0.2) is 29.9 Å². The Morgan fingerprint density at radius 2 is 2.12 bits per heavy atom. The van der Waals surface area contributed by atoms with Gasteiger partial charge in [0.15, 0.2) is 0 Å². The van der Waals surface area contributed by atoms with Crippen LogP contribution in [0.2, 0.25) is 0 Å². The molecule has 0 atom stereocenters. The van der Waals surface area contributed by atoms with Crippen LogP contribution in [0.15, 0.2) is 18.3 Å². The lowest BCUT2D eigenvalue weighted by atomic mass is 10.3. The van der Waals surface area contributed by atoms with Gasteiger partial charge >= 0.3 is 0 Å². The summed E-state index contributed by atoms with van der Waals surface area (Å²) >= 11 is 0. The Morgan fingerprint density at radius 3 is 2.69 bits per heavy atom. The van der Waals surface area contributed by atoms with Gasteiger partial charge in [-0.15, -0.1) is 0 Å². The van der Waals surface area contributed by atoms with E-state index in [1.165, 1.54) is 0 Å². The van der Waals surface area contributed by atoms with Crippen molar-refractivity contribution >= 4 is 17.5 Å². The molecular formula is C10H14N4O2. The Labute approximate surface area is 93.2 Å². The van der Waals surface area contributed by atoms with Gasteiger partial charge in [0.1, 0.15) is 0 Å². The van der Waals surface area contributed by atoms with Crippen molar-refractivity contribution in [3.63, 3.8) is 0 Å². The number of aromatic nitrogens is 1. The molecule has 0 unspecified atom stereocenters. The van der Waals surface area contributed by atoms with Gasteiger partial charge in [-0.1, -0.05) is 0 Å².